The first-order valence-electron chi connectivity index (χ1n) is 5.18. The van der Waals surface area contributed by atoms with Crippen LogP contribution in [0.5, 0.6) is 0 Å². The zero-order valence-corrected chi connectivity index (χ0v) is 9.98. The van der Waals surface area contributed by atoms with E-state index in [0.717, 1.165) is 22.6 Å². The SMILES string of the molecule is N#Cc1nc2ccccc2cc1-c1nsnc1N. The van der Waals surface area contributed by atoms with Crippen LogP contribution in [0.25, 0.3) is 22.2 Å². The fourth-order valence-corrected chi connectivity index (χ4v) is 2.25. The lowest BCUT2D eigenvalue weighted by Gasteiger charge is -2.03. The van der Waals surface area contributed by atoms with Gasteiger partial charge in [0, 0.05) is 10.9 Å². The summed E-state index contributed by atoms with van der Waals surface area (Å²) in [5.74, 6) is 0.327. The van der Waals surface area contributed by atoms with Crippen molar-refractivity contribution in [1.29, 1.82) is 5.26 Å². The Hall–Kier alpha value is -2.52. The van der Waals surface area contributed by atoms with Crippen LogP contribution in [-0.4, -0.2) is 13.7 Å². The van der Waals surface area contributed by atoms with E-state index in [0.29, 0.717) is 22.8 Å². The molecular formula is C12H7N5S. The number of pyridine rings is 1. The van der Waals surface area contributed by atoms with E-state index in [2.05, 4.69) is 19.8 Å². The second-order valence-corrected chi connectivity index (χ2v) is 4.22. The molecule has 2 heterocycles. The van der Waals surface area contributed by atoms with Crippen LogP contribution in [0.3, 0.4) is 0 Å². The summed E-state index contributed by atoms with van der Waals surface area (Å²) >= 11 is 1.02. The van der Waals surface area contributed by atoms with Crippen LogP contribution in [0, 0.1) is 11.3 Å². The highest BCUT2D eigenvalue weighted by Crippen LogP contribution is 2.28. The Morgan fingerprint density at radius 3 is 2.78 bits per heavy atom. The molecule has 2 N–H and O–H groups in total. The third-order valence-electron chi connectivity index (χ3n) is 2.60. The lowest BCUT2D eigenvalue weighted by Crippen LogP contribution is -1.94. The van der Waals surface area contributed by atoms with Gasteiger partial charge in [-0.1, -0.05) is 18.2 Å². The van der Waals surface area contributed by atoms with E-state index in [1.807, 2.05) is 30.3 Å². The number of aromatic nitrogens is 3. The first-order valence-corrected chi connectivity index (χ1v) is 5.91. The van der Waals surface area contributed by atoms with E-state index in [1.165, 1.54) is 0 Å². The van der Waals surface area contributed by atoms with Gasteiger partial charge in [0.2, 0.25) is 0 Å². The molecule has 0 saturated carbocycles. The minimum Gasteiger partial charge on any atom is -0.381 e. The Labute approximate surface area is 107 Å². The van der Waals surface area contributed by atoms with E-state index >= 15 is 0 Å². The molecule has 0 radical (unpaired) electrons. The van der Waals surface area contributed by atoms with E-state index in [4.69, 9.17) is 11.0 Å². The Kier molecular flexibility index (Phi) is 2.39. The van der Waals surface area contributed by atoms with Crippen molar-refractivity contribution in [3.8, 4) is 17.3 Å². The third kappa shape index (κ3) is 1.58. The Balaban J connectivity index is 2.35. The van der Waals surface area contributed by atoms with Crippen molar-refractivity contribution in [3.63, 3.8) is 0 Å². The molecule has 5 nitrogen and oxygen atoms in total. The molecule has 0 spiro atoms. The highest BCUT2D eigenvalue weighted by molar-refractivity contribution is 6.99. The van der Waals surface area contributed by atoms with Crippen LogP contribution in [0.4, 0.5) is 5.82 Å². The summed E-state index contributed by atoms with van der Waals surface area (Å²) in [6, 6.07) is 11.5. The molecule has 3 rings (SSSR count). The molecule has 6 heteroatoms. The summed E-state index contributed by atoms with van der Waals surface area (Å²) in [7, 11) is 0. The predicted octanol–water partition coefficient (Wildman–Crippen LogP) is 2.21. The average molecular weight is 253 g/mol. The minimum atomic E-state index is 0.313. The number of rotatable bonds is 1. The van der Waals surface area contributed by atoms with Gasteiger partial charge in [-0.2, -0.15) is 14.0 Å². The molecule has 0 bridgehead atoms. The van der Waals surface area contributed by atoms with Crippen LogP contribution in [-0.2, 0) is 0 Å². The fraction of sp³-hybridized carbons (Fsp3) is 0. The Morgan fingerprint density at radius 1 is 1.22 bits per heavy atom. The molecule has 0 aliphatic carbocycles. The molecule has 0 fully saturated rings. The van der Waals surface area contributed by atoms with Gasteiger partial charge in [-0.25, -0.2) is 4.98 Å². The quantitative estimate of drug-likeness (QED) is 0.718. The minimum absolute atomic E-state index is 0.313. The summed E-state index contributed by atoms with van der Waals surface area (Å²) in [6.45, 7) is 0. The van der Waals surface area contributed by atoms with E-state index in [9.17, 15) is 0 Å². The summed E-state index contributed by atoms with van der Waals surface area (Å²) < 4.78 is 8.04. The number of nitrogen functional groups attached to an aromatic ring is 1. The number of hydrogen-bond donors (Lipinski definition) is 1. The van der Waals surface area contributed by atoms with Gasteiger partial charge >= 0.3 is 0 Å². The number of nitriles is 1. The van der Waals surface area contributed by atoms with E-state index < -0.39 is 0 Å². The van der Waals surface area contributed by atoms with E-state index in [1.54, 1.807) is 0 Å². The molecule has 0 aliphatic heterocycles. The lowest BCUT2D eigenvalue weighted by molar-refractivity contribution is 1.31. The van der Waals surface area contributed by atoms with Crippen molar-refractivity contribution in [2.75, 3.05) is 5.73 Å². The molecule has 18 heavy (non-hydrogen) atoms. The van der Waals surface area contributed by atoms with Crippen molar-refractivity contribution < 1.29 is 0 Å². The maximum Gasteiger partial charge on any atom is 0.165 e. The van der Waals surface area contributed by atoms with Crippen LogP contribution < -0.4 is 5.73 Å². The lowest BCUT2D eigenvalue weighted by atomic mass is 10.1. The van der Waals surface area contributed by atoms with Gasteiger partial charge in [-0.3, -0.25) is 0 Å². The van der Waals surface area contributed by atoms with Crippen LogP contribution in [0.1, 0.15) is 5.69 Å². The summed E-state index contributed by atoms with van der Waals surface area (Å²) in [4.78, 5) is 4.31. The van der Waals surface area contributed by atoms with E-state index in [-0.39, 0.29) is 0 Å². The number of hydrogen-bond acceptors (Lipinski definition) is 6. The van der Waals surface area contributed by atoms with Crippen molar-refractivity contribution in [2.24, 2.45) is 0 Å². The van der Waals surface area contributed by atoms with Crippen LogP contribution in [0.15, 0.2) is 30.3 Å². The van der Waals surface area contributed by atoms with Crippen molar-refractivity contribution >= 4 is 28.4 Å². The standard InChI is InChI=1S/C12H7N5S/c13-6-10-8(11-12(14)17-18-16-11)5-7-3-1-2-4-9(7)15-10/h1-5H,(H2,14,17). The number of nitrogens with zero attached hydrogens (tertiary/aromatic N) is 4. The normalized spacial score (nSPS) is 10.4. The van der Waals surface area contributed by atoms with Crippen LogP contribution in [0.2, 0.25) is 0 Å². The number of benzene rings is 1. The Bertz CT molecular complexity index is 771. The topological polar surface area (TPSA) is 88.5 Å². The molecule has 0 saturated heterocycles. The largest absolute Gasteiger partial charge is 0.381 e. The molecule has 0 unspecified atom stereocenters. The molecular weight excluding hydrogens is 246 g/mol. The van der Waals surface area contributed by atoms with Gasteiger partial charge in [0.25, 0.3) is 0 Å². The first kappa shape index (κ1) is 10.6. The first-order chi connectivity index (χ1) is 8.79. The van der Waals surface area contributed by atoms with Gasteiger partial charge in [-0.15, -0.1) is 0 Å². The van der Waals surface area contributed by atoms with Gasteiger partial charge < -0.3 is 5.73 Å². The molecule has 3 aromatic rings. The highest BCUT2D eigenvalue weighted by Gasteiger charge is 2.14. The number of para-hydroxylation sites is 1. The highest BCUT2D eigenvalue weighted by atomic mass is 32.1. The Morgan fingerprint density at radius 2 is 2.06 bits per heavy atom. The van der Waals surface area contributed by atoms with Gasteiger partial charge in [0.1, 0.15) is 11.8 Å². The van der Waals surface area contributed by atoms with Crippen molar-refractivity contribution in [1.82, 2.24) is 13.7 Å². The average Bonchev–Trinajstić information content (AvgIpc) is 2.83. The molecule has 0 aliphatic rings. The molecule has 86 valence electrons. The second kappa shape index (κ2) is 4.05. The molecule has 1 aromatic carbocycles. The molecule has 0 amide bonds. The van der Waals surface area contributed by atoms with Gasteiger partial charge in [-0.05, 0) is 12.1 Å². The monoisotopic (exact) mass is 253 g/mol. The number of anilines is 1. The zero-order chi connectivity index (χ0) is 12.5. The number of nitrogens with two attached hydrogens (primary N) is 1. The fourth-order valence-electron chi connectivity index (χ4n) is 1.76. The maximum absolute atomic E-state index is 9.17. The summed E-state index contributed by atoms with van der Waals surface area (Å²) in [6.07, 6.45) is 0. The predicted molar refractivity (Wildman–Crippen MR) is 69.8 cm³/mol. The van der Waals surface area contributed by atoms with Gasteiger partial charge in [0.05, 0.1) is 17.2 Å². The van der Waals surface area contributed by atoms with Gasteiger partial charge in [0.15, 0.2) is 11.5 Å². The van der Waals surface area contributed by atoms with Crippen molar-refractivity contribution in [2.45, 2.75) is 0 Å². The third-order valence-corrected chi connectivity index (χ3v) is 3.14. The van der Waals surface area contributed by atoms with Crippen molar-refractivity contribution in [3.05, 3.63) is 36.0 Å². The maximum atomic E-state index is 9.17. The molecule has 2 aromatic heterocycles. The number of fused-ring (bicyclic) bond motifs is 1. The molecule has 0 atom stereocenters. The van der Waals surface area contributed by atoms with Crippen LogP contribution >= 0.6 is 11.7 Å². The smallest absolute Gasteiger partial charge is 0.165 e. The second-order valence-electron chi connectivity index (χ2n) is 3.69. The summed E-state index contributed by atoms with van der Waals surface area (Å²) in [5.41, 5.74) is 7.98. The summed E-state index contributed by atoms with van der Waals surface area (Å²) in [5, 5.41) is 10.1. The zero-order valence-electron chi connectivity index (χ0n) is 9.16.